The molecule has 2 amide bonds. The number of carboxylic acid groups (broad SMARTS) is 1. The first-order chi connectivity index (χ1) is 17.0. The second kappa shape index (κ2) is 10.1. The van der Waals surface area contributed by atoms with Gasteiger partial charge in [-0.3, -0.25) is 4.79 Å². The molecular weight excluding hydrogens is 452 g/mol. The van der Waals surface area contributed by atoms with Gasteiger partial charge in [0.1, 0.15) is 12.7 Å². The molecule has 2 aliphatic heterocycles. The molecule has 3 aliphatic rings. The minimum atomic E-state index is -1.10. The quantitative estimate of drug-likeness (QED) is 0.556. The highest BCUT2D eigenvalue weighted by atomic mass is 16.5. The number of ether oxygens (including phenoxy) is 3. The van der Waals surface area contributed by atoms with Crippen molar-refractivity contribution < 1.29 is 33.7 Å². The van der Waals surface area contributed by atoms with Crippen LogP contribution in [0.2, 0.25) is 0 Å². The zero-order valence-corrected chi connectivity index (χ0v) is 19.1. The van der Waals surface area contributed by atoms with E-state index in [2.05, 4.69) is 34.9 Å². The number of hydrogen-bond acceptors (Lipinski definition) is 6. The monoisotopic (exact) mass is 480 g/mol. The van der Waals surface area contributed by atoms with Crippen molar-refractivity contribution in [3.05, 3.63) is 59.7 Å². The number of rotatable bonds is 7. The van der Waals surface area contributed by atoms with Gasteiger partial charge in [0, 0.05) is 31.6 Å². The van der Waals surface area contributed by atoms with Crippen molar-refractivity contribution in [3.63, 3.8) is 0 Å². The first-order valence-corrected chi connectivity index (χ1v) is 11.9. The second-order valence-corrected chi connectivity index (χ2v) is 9.08. The largest absolute Gasteiger partial charge is 0.479 e. The zero-order chi connectivity index (χ0) is 24.4. The third-order valence-electron chi connectivity index (χ3n) is 6.99. The van der Waals surface area contributed by atoms with Crippen LogP contribution in [0, 0.1) is 5.92 Å². The molecule has 1 aliphatic carbocycles. The van der Waals surface area contributed by atoms with Crippen LogP contribution in [0.5, 0.6) is 0 Å². The van der Waals surface area contributed by atoms with Crippen LogP contribution in [0.3, 0.4) is 0 Å². The van der Waals surface area contributed by atoms with Crippen molar-refractivity contribution in [2.75, 3.05) is 26.4 Å². The SMILES string of the molecule is O=C(NC[C@@H]1CCO[C@@H]1C(=O)N[C@@H]1CCO[C@@H]1C(=O)O)OCC1c2ccccc2-c2ccccc21. The van der Waals surface area contributed by atoms with E-state index in [9.17, 15) is 19.5 Å². The second-order valence-electron chi connectivity index (χ2n) is 9.08. The third-order valence-corrected chi connectivity index (χ3v) is 6.99. The van der Waals surface area contributed by atoms with Gasteiger partial charge in [-0.2, -0.15) is 0 Å². The molecule has 0 bridgehead atoms. The molecule has 9 heteroatoms. The zero-order valence-electron chi connectivity index (χ0n) is 19.1. The molecule has 35 heavy (non-hydrogen) atoms. The number of amides is 2. The maximum atomic E-state index is 12.7. The van der Waals surface area contributed by atoms with Crippen molar-refractivity contribution in [1.29, 1.82) is 0 Å². The molecular formula is C26H28N2O7. The normalized spacial score (nSPS) is 25.0. The van der Waals surface area contributed by atoms with E-state index in [-0.39, 0.29) is 37.5 Å². The molecule has 9 nitrogen and oxygen atoms in total. The van der Waals surface area contributed by atoms with Crippen molar-refractivity contribution in [1.82, 2.24) is 10.6 Å². The average Bonchev–Trinajstić information content (AvgIpc) is 3.59. The minimum Gasteiger partial charge on any atom is -0.479 e. The van der Waals surface area contributed by atoms with E-state index in [1.54, 1.807) is 0 Å². The summed E-state index contributed by atoms with van der Waals surface area (Å²) in [6, 6.07) is 15.7. The molecule has 0 unspecified atom stereocenters. The van der Waals surface area contributed by atoms with Crippen LogP contribution in [0.1, 0.15) is 29.9 Å². The fraction of sp³-hybridized carbons (Fsp3) is 0.423. The predicted octanol–water partition coefficient (Wildman–Crippen LogP) is 2.29. The van der Waals surface area contributed by atoms with Crippen LogP contribution in [-0.4, -0.2) is 67.7 Å². The van der Waals surface area contributed by atoms with Gasteiger partial charge in [-0.15, -0.1) is 0 Å². The van der Waals surface area contributed by atoms with Gasteiger partial charge in [-0.25, -0.2) is 9.59 Å². The highest BCUT2D eigenvalue weighted by molar-refractivity contribution is 5.83. The lowest BCUT2D eigenvalue weighted by molar-refractivity contribution is -0.148. The molecule has 0 radical (unpaired) electrons. The summed E-state index contributed by atoms with van der Waals surface area (Å²) in [6.45, 7) is 1.10. The lowest BCUT2D eigenvalue weighted by atomic mass is 9.98. The number of aliphatic carboxylic acids is 1. The molecule has 5 rings (SSSR count). The summed E-state index contributed by atoms with van der Waals surface area (Å²) in [4.78, 5) is 36.5. The summed E-state index contributed by atoms with van der Waals surface area (Å²) in [5.41, 5.74) is 4.59. The van der Waals surface area contributed by atoms with Gasteiger partial charge in [-0.1, -0.05) is 48.5 Å². The maximum absolute atomic E-state index is 12.7. The number of benzene rings is 2. The number of fused-ring (bicyclic) bond motifs is 3. The Labute approximate surface area is 202 Å². The van der Waals surface area contributed by atoms with Crippen LogP contribution in [0.25, 0.3) is 11.1 Å². The van der Waals surface area contributed by atoms with Gasteiger partial charge >= 0.3 is 12.1 Å². The van der Waals surface area contributed by atoms with E-state index in [1.807, 2.05) is 24.3 Å². The molecule has 2 aromatic carbocycles. The number of carbonyl (C=O) groups is 3. The highest BCUT2D eigenvalue weighted by Gasteiger charge is 2.40. The predicted molar refractivity (Wildman–Crippen MR) is 125 cm³/mol. The van der Waals surface area contributed by atoms with Crippen LogP contribution >= 0.6 is 0 Å². The van der Waals surface area contributed by atoms with Crippen molar-refractivity contribution in [3.8, 4) is 11.1 Å². The number of carbonyl (C=O) groups excluding carboxylic acids is 2. The summed E-state index contributed by atoms with van der Waals surface area (Å²) >= 11 is 0. The smallest absolute Gasteiger partial charge is 0.407 e. The first kappa shape index (κ1) is 23.3. The Balaban J connectivity index is 1.14. The van der Waals surface area contributed by atoms with Gasteiger partial charge in [-0.05, 0) is 35.1 Å². The fourth-order valence-corrected chi connectivity index (χ4v) is 5.24. The molecule has 2 heterocycles. The van der Waals surface area contributed by atoms with E-state index in [4.69, 9.17) is 14.2 Å². The highest BCUT2D eigenvalue weighted by Crippen LogP contribution is 2.44. The summed E-state index contributed by atoms with van der Waals surface area (Å²) in [7, 11) is 0. The van der Waals surface area contributed by atoms with Crippen LogP contribution in [-0.2, 0) is 23.8 Å². The van der Waals surface area contributed by atoms with Gasteiger partial charge in [0.25, 0.3) is 0 Å². The van der Waals surface area contributed by atoms with Crippen molar-refractivity contribution in [2.24, 2.45) is 5.92 Å². The summed E-state index contributed by atoms with van der Waals surface area (Å²) in [5.74, 6) is -1.75. The number of hydrogen-bond donors (Lipinski definition) is 3. The number of nitrogens with one attached hydrogen (secondary N) is 2. The molecule has 0 saturated carbocycles. The van der Waals surface area contributed by atoms with Crippen LogP contribution in [0.15, 0.2) is 48.5 Å². The Kier molecular flexibility index (Phi) is 6.70. The molecule has 4 atom stereocenters. The molecule has 2 aromatic rings. The molecule has 2 saturated heterocycles. The summed E-state index contributed by atoms with van der Waals surface area (Å²) in [5, 5.41) is 14.7. The fourth-order valence-electron chi connectivity index (χ4n) is 5.24. The Hall–Kier alpha value is -3.43. The third kappa shape index (κ3) is 4.74. The Morgan fingerprint density at radius 3 is 2.23 bits per heavy atom. The van der Waals surface area contributed by atoms with E-state index >= 15 is 0 Å². The van der Waals surface area contributed by atoms with E-state index in [1.165, 1.54) is 0 Å². The molecule has 0 spiro atoms. The minimum absolute atomic E-state index is 0.0303. The van der Waals surface area contributed by atoms with Gasteiger partial charge < -0.3 is 30.0 Å². The van der Waals surface area contributed by atoms with Gasteiger partial charge in [0.2, 0.25) is 5.91 Å². The Morgan fingerprint density at radius 2 is 1.54 bits per heavy atom. The summed E-state index contributed by atoms with van der Waals surface area (Å²) in [6.07, 6.45) is -1.34. The average molecular weight is 481 g/mol. The summed E-state index contributed by atoms with van der Waals surface area (Å²) < 4.78 is 16.3. The number of carboxylic acids is 1. The van der Waals surface area contributed by atoms with E-state index in [0.29, 0.717) is 19.4 Å². The lowest BCUT2D eigenvalue weighted by Crippen LogP contribution is -2.50. The molecule has 2 fully saturated rings. The maximum Gasteiger partial charge on any atom is 0.407 e. The van der Waals surface area contributed by atoms with Crippen LogP contribution in [0.4, 0.5) is 4.79 Å². The molecule has 0 aromatic heterocycles. The first-order valence-electron chi connectivity index (χ1n) is 11.9. The van der Waals surface area contributed by atoms with Crippen LogP contribution < -0.4 is 10.6 Å². The van der Waals surface area contributed by atoms with Crippen molar-refractivity contribution in [2.45, 2.75) is 37.0 Å². The topological polar surface area (TPSA) is 123 Å². The number of alkyl carbamates (subject to hydrolysis) is 1. The molecule has 3 N–H and O–H groups in total. The van der Waals surface area contributed by atoms with Gasteiger partial charge in [0.05, 0.1) is 6.04 Å². The Morgan fingerprint density at radius 1 is 0.914 bits per heavy atom. The lowest BCUT2D eigenvalue weighted by Gasteiger charge is -2.22. The van der Waals surface area contributed by atoms with Crippen molar-refractivity contribution >= 4 is 18.0 Å². The van der Waals surface area contributed by atoms with E-state index in [0.717, 1.165) is 22.3 Å². The Bertz CT molecular complexity index is 1070. The van der Waals surface area contributed by atoms with Gasteiger partial charge in [0.15, 0.2) is 6.10 Å². The van der Waals surface area contributed by atoms with E-state index < -0.39 is 30.3 Å². The standard InChI is InChI=1S/C26H28N2O7/c29-24(28-21-10-12-34-23(21)25(30)31)22-15(9-11-33-22)13-27-26(32)35-14-20-18-7-3-1-5-16(18)17-6-2-4-8-19(17)20/h1-8,15,20-23H,9-14H2,(H,27,32)(H,28,29)(H,30,31)/t15-,21+,22-,23-/m0/s1. The molecule has 184 valence electrons.